The Morgan fingerprint density at radius 3 is 2.53 bits per heavy atom. The number of para-hydroxylation sites is 1. The van der Waals surface area contributed by atoms with Crippen molar-refractivity contribution in [3.63, 3.8) is 0 Å². The summed E-state index contributed by atoms with van der Waals surface area (Å²) < 4.78 is 6.78. The molecule has 5 rings (SSSR count). The maximum absolute atomic E-state index is 12.8. The summed E-state index contributed by atoms with van der Waals surface area (Å²) in [6.45, 7) is 0.422. The highest BCUT2D eigenvalue weighted by Crippen LogP contribution is 2.46. The van der Waals surface area contributed by atoms with Crippen molar-refractivity contribution in [2.45, 2.75) is 25.3 Å². The third-order valence-corrected chi connectivity index (χ3v) is 6.38. The van der Waals surface area contributed by atoms with E-state index in [1.54, 1.807) is 6.20 Å². The molecule has 2 heterocycles. The zero-order valence-electron chi connectivity index (χ0n) is 16.3. The van der Waals surface area contributed by atoms with E-state index in [4.69, 9.17) is 10.5 Å². The number of thiophene rings is 1. The Bertz CT molecular complexity index is 1200. The molecule has 4 aromatic rings. The fourth-order valence-corrected chi connectivity index (χ4v) is 4.58. The molecule has 1 fully saturated rings. The smallest absolute Gasteiger partial charge is 0.263 e. The number of nitrogen functional groups attached to an aromatic ring is 1. The maximum atomic E-state index is 12.8. The number of aromatic nitrogens is 1. The molecule has 1 aliphatic rings. The number of rotatable bonds is 6. The van der Waals surface area contributed by atoms with Crippen molar-refractivity contribution in [2.75, 3.05) is 5.73 Å². The summed E-state index contributed by atoms with van der Waals surface area (Å²) in [6, 6.07) is 17.3. The first-order valence-corrected chi connectivity index (χ1v) is 10.8. The molecule has 5 nitrogen and oxygen atoms in total. The average molecular weight is 416 g/mol. The van der Waals surface area contributed by atoms with E-state index in [0.717, 1.165) is 27.1 Å². The second kappa shape index (κ2) is 7.80. The van der Waals surface area contributed by atoms with Gasteiger partial charge in [0.25, 0.3) is 5.91 Å². The lowest BCUT2D eigenvalue weighted by atomic mass is 10.1. The van der Waals surface area contributed by atoms with Gasteiger partial charge in [0.05, 0.1) is 10.4 Å². The monoisotopic (exact) mass is 415 g/mol. The quantitative estimate of drug-likeness (QED) is 0.437. The Hall–Kier alpha value is -3.38. The molecule has 1 amide bonds. The fraction of sp³-hybridized carbons (Fsp3) is 0.167. The average Bonchev–Trinajstić information content (AvgIpc) is 3.57. The number of nitrogens with one attached hydrogen (secondary N) is 1. The molecule has 0 radical (unpaired) electrons. The third-order valence-electron chi connectivity index (χ3n) is 5.25. The molecule has 0 bridgehead atoms. The fourth-order valence-electron chi connectivity index (χ4n) is 3.54. The molecule has 0 aliphatic heterocycles. The van der Waals surface area contributed by atoms with Crippen molar-refractivity contribution in [3.8, 4) is 11.5 Å². The van der Waals surface area contributed by atoms with Crippen LogP contribution in [0.4, 0.5) is 5.69 Å². The van der Waals surface area contributed by atoms with Gasteiger partial charge in [-0.15, -0.1) is 11.3 Å². The van der Waals surface area contributed by atoms with Crippen molar-refractivity contribution in [2.24, 2.45) is 0 Å². The van der Waals surface area contributed by atoms with Crippen LogP contribution in [-0.2, 0) is 6.54 Å². The molecule has 0 saturated heterocycles. The van der Waals surface area contributed by atoms with Crippen LogP contribution in [0.15, 0.2) is 67.0 Å². The van der Waals surface area contributed by atoms with E-state index in [0.29, 0.717) is 23.0 Å². The van der Waals surface area contributed by atoms with Crippen LogP contribution < -0.4 is 15.8 Å². The second-order valence-electron chi connectivity index (χ2n) is 7.46. The molecular formula is C24H21N3O2S. The SMILES string of the molecule is Nc1c(C(=O)NCc2ccc(Oc3ccccc3)cc2)sc2cncc(C3CC3)c12. The van der Waals surface area contributed by atoms with Gasteiger partial charge in [0.15, 0.2) is 0 Å². The highest BCUT2D eigenvalue weighted by molar-refractivity contribution is 7.21. The number of pyridine rings is 1. The zero-order valence-corrected chi connectivity index (χ0v) is 17.1. The van der Waals surface area contributed by atoms with Crippen molar-refractivity contribution >= 4 is 33.0 Å². The van der Waals surface area contributed by atoms with Gasteiger partial charge in [0.1, 0.15) is 16.4 Å². The Kier molecular flexibility index (Phi) is 4.85. The lowest BCUT2D eigenvalue weighted by molar-refractivity contribution is 0.0956. The van der Waals surface area contributed by atoms with Gasteiger partial charge < -0.3 is 15.8 Å². The number of carbonyl (C=O) groups excluding carboxylic acids is 1. The van der Waals surface area contributed by atoms with E-state index in [1.165, 1.54) is 29.7 Å². The van der Waals surface area contributed by atoms with E-state index in [-0.39, 0.29) is 5.91 Å². The summed E-state index contributed by atoms with van der Waals surface area (Å²) in [5.41, 5.74) is 9.11. The molecule has 1 aliphatic carbocycles. The predicted octanol–water partition coefficient (Wildman–Crippen LogP) is 5.48. The number of hydrogen-bond acceptors (Lipinski definition) is 5. The lowest BCUT2D eigenvalue weighted by Gasteiger charge is -2.08. The van der Waals surface area contributed by atoms with Crippen molar-refractivity contribution in [1.82, 2.24) is 10.3 Å². The molecule has 150 valence electrons. The topological polar surface area (TPSA) is 77.2 Å². The standard InChI is InChI=1S/C24H21N3O2S/c25-22-21-19(16-8-9-16)13-26-14-20(21)30-23(22)24(28)27-12-15-6-10-18(11-7-15)29-17-4-2-1-3-5-17/h1-7,10-11,13-14,16H,8-9,12,25H2,(H,27,28). The highest BCUT2D eigenvalue weighted by Gasteiger charge is 2.28. The molecule has 30 heavy (non-hydrogen) atoms. The van der Waals surface area contributed by atoms with Crippen molar-refractivity contribution in [1.29, 1.82) is 0 Å². The molecule has 0 spiro atoms. The summed E-state index contributed by atoms with van der Waals surface area (Å²) in [5, 5.41) is 3.99. The summed E-state index contributed by atoms with van der Waals surface area (Å²) in [5.74, 6) is 1.93. The summed E-state index contributed by atoms with van der Waals surface area (Å²) in [4.78, 5) is 17.7. The number of anilines is 1. The first kappa shape index (κ1) is 18.6. The first-order valence-electron chi connectivity index (χ1n) is 9.95. The minimum Gasteiger partial charge on any atom is -0.457 e. The highest BCUT2D eigenvalue weighted by atomic mass is 32.1. The van der Waals surface area contributed by atoms with Crippen molar-refractivity contribution < 1.29 is 9.53 Å². The number of ether oxygens (including phenoxy) is 1. The lowest BCUT2D eigenvalue weighted by Crippen LogP contribution is -2.22. The van der Waals surface area contributed by atoms with Gasteiger partial charge in [-0.25, -0.2) is 0 Å². The first-order chi connectivity index (χ1) is 14.7. The number of hydrogen-bond donors (Lipinski definition) is 2. The predicted molar refractivity (Wildman–Crippen MR) is 120 cm³/mol. The zero-order chi connectivity index (χ0) is 20.5. The van der Waals surface area contributed by atoms with E-state index in [2.05, 4.69) is 10.3 Å². The summed E-state index contributed by atoms with van der Waals surface area (Å²) >= 11 is 1.41. The molecule has 0 unspecified atom stereocenters. The molecule has 1 saturated carbocycles. The molecule has 6 heteroatoms. The van der Waals surface area contributed by atoms with Crippen LogP contribution in [0, 0.1) is 0 Å². The van der Waals surface area contributed by atoms with Gasteiger partial charge in [-0.3, -0.25) is 9.78 Å². The number of fused-ring (bicyclic) bond motifs is 1. The Morgan fingerprint density at radius 2 is 1.80 bits per heavy atom. The number of amides is 1. The van der Waals surface area contributed by atoms with E-state index < -0.39 is 0 Å². The van der Waals surface area contributed by atoms with Gasteiger partial charge in [-0.05, 0) is 54.2 Å². The normalized spacial score (nSPS) is 13.3. The van der Waals surface area contributed by atoms with Crippen molar-refractivity contribution in [3.05, 3.63) is 83.0 Å². The Labute approximate surface area is 178 Å². The number of nitrogens with two attached hydrogens (primary N) is 1. The van der Waals surface area contributed by atoms with Crippen LogP contribution >= 0.6 is 11.3 Å². The second-order valence-corrected chi connectivity index (χ2v) is 8.51. The molecular weight excluding hydrogens is 394 g/mol. The van der Waals surface area contributed by atoms with Crippen LogP contribution in [0.5, 0.6) is 11.5 Å². The van der Waals surface area contributed by atoms with Gasteiger partial charge in [0, 0.05) is 24.3 Å². The van der Waals surface area contributed by atoms with Crippen LogP contribution in [-0.4, -0.2) is 10.9 Å². The number of nitrogens with zero attached hydrogens (tertiary/aromatic N) is 1. The third kappa shape index (κ3) is 3.74. The van der Waals surface area contributed by atoms with E-state index in [1.807, 2.05) is 60.8 Å². The van der Waals surface area contributed by atoms with Gasteiger partial charge in [0.2, 0.25) is 0 Å². The van der Waals surface area contributed by atoms with Crippen LogP contribution in [0.3, 0.4) is 0 Å². The Balaban J connectivity index is 1.27. The van der Waals surface area contributed by atoms with E-state index in [9.17, 15) is 4.79 Å². The minimum atomic E-state index is -0.153. The minimum absolute atomic E-state index is 0.153. The van der Waals surface area contributed by atoms with Gasteiger partial charge in [-0.2, -0.15) is 0 Å². The molecule has 0 atom stereocenters. The summed E-state index contributed by atoms with van der Waals surface area (Å²) in [7, 11) is 0. The van der Waals surface area contributed by atoms with Crippen LogP contribution in [0.2, 0.25) is 0 Å². The maximum Gasteiger partial charge on any atom is 0.263 e. The largest absolute Gasteiger partial charge is 0.457 e. The molecule has 2 aromatic heterocycles. The molecule has 2 aromatic carbocycles. The van der Waals surface area contributed by atoms with Crippen LogP contribution in [0.1, 0.15) is 39.6 Å². The Morgan fingerprint density at radius 1 is 1.07 bits per heavy atom. The van der Waals surface area contributed by atoms with Gasteiger partial charge in [-0.1, -0.05) is 30.3 Å². The number of carbonyl (C=O) groups is 1. The van der Waals surface area contributed by atoms with Crippen LogP contribution in [0.25, 0.3) is 10.1 Å². The molecule has 3 N–H and O–H groups in total. The van der Waals surface area contributed by atoms with Gasteiger partial charge >= 0.3 is 0 Å². The number of benzene rings is 2. The van der Waals surface area contributed by atoms with E-state index >= 15 is 0 Å². The summed E-state index contributed by atoms with van der Waals surface area (Å²) in [6.07, 6.45) is 6.03.